The van der Waals surface area contributed by atoms with E-state index < -0.39 is 29.1 Å². The third kappa shape index (κ3) is 4.60. The first-order valence-corrected chi connectivity index (χ1v) is 10.6. The summed E-state index contributed by atoms with van der Waals surface area (Å²) in [5.74, 6) is -2.15. The Morgan fingerprint density at radius 3 is 2.52 bits per heavy atom. The van der Waals surface area contributed by atoms with Crippen LogP contribution in [0.25, 0.3) is 0 Å². The molecule has 7 heteroatoms. The third-order valence-electron chi connectivity index (χ3n) is 6.40. The number of aliphatic hydroxyl groups is 2. The molecule has 2 aromatic rings. The summed E-state index contributed by atoms with van der Waals surface area (Å²) in [5, 5.41) is 21.5. The highest BCUT2D eigenvalue weighted by atomic mass is 19.1. The summed E-state index contributed by atoms with van der Waals surface area (Å²) in [4.78, 5) is 0. The zero-order chi connectivity index (χ0) is 22.1. The monoisotopic (exact) mass is 434 g/mol. The molecule has 168 valence electrons. The van der Waals surface area contributed by atoms with Crippen molar-refractivity contribution < 1.29 is 33.2 Å². The van der Waals surface area contributed by atoms with E-state index in [2.05, 4.69) is 0 Å². The minimum absolute atomic E-state index is 0.0881. The van der Waals surface area contributed by atoms with Crippen molar-refractivity contribution in [3.8, 4) is 5.75 Å². The summed E-state index contributed by atoms with van der Waals surface area (Å²) in [6.45, 7) is 2.54. The molecule has 1 spiro atoms. The van der Waals surface area contributed by atoms with Crippen LogP contribution in [0.4, 0.5) is 8.78 Å². The molecule has 1 aliphatic heterocycles. The molecule has 0 amide bonds. The van der Waals surface area contributed by atoms with Gasteiger partial charge in [-0.3, -0.25) is 0 Å². The Kier molecular flexibility index (Phi) is 6.30. The van der Waals surface area contributed by atoms with Gasteiger partial charge >= 0.3 is 0 Å². The van der Waals surface area contributed by atoms with Gasteiger partial charge in [-0.15, -0.1) is 0 Å². The van der Waals surface area contributed by atoms with Crippen molar-refractivity contribution in [1.29, 1.82) is 0 Å². The number of halogens is 2. The van der Waals surface area contributed by atoms with Crippen molar-refractivity contribution in [3.05, 3.63) is 64.7 Å². The van der Waals surface area contributed by atoms with E-state index in [1.807, 2.05) is 30.3 Å². The molecule has 2 aromatic carbocycles. The Labute approximate surface area is 180 Å². The van der Waals surface area contributed by atoms with Gasteiger partial charge < -0.3 is 24.4 Å². The van der Waals surface area contributed by atoms with Crippen molar-refractivity contribution in [2.45, 2.75) is 63.1 Å². The Balaban J connectivity index is 1.43. The van der Waals surface area contributed by atoms with E-state index >= 15 is 0 Å². The average Bonchev–Trinajstić information content (AvgIpc) is 3.22. The van der Waals surface area contributed by atoms with Crippen LogP contribution in [0.3, 0.4) is 0 Å². The Morgan fingerprint density at radius 2 is 1.84 bits per heavy atom. The SMILES string of the molecule is Cc1c(F)c(CC[C@]2(O)CCC3(C[C@H]2O)OCCO3)cc(F)c1OCc1ccccc1. The standard InChI is InChI=1S/C24H28F2O5/c1-16-21(26)18(13-19(25)22(16)29-15-17-5-3-2-4-6-17)7-8-23(28)9-10-24(14-20(23)27)30-11-12-31-24/h2-6,13,20,27-28H,7-12,14-15H2,1H3/t20-,23+/m1/s1. The summed E-state index contributed by atoms with van der Waals surface area (Å²) in [6.07, 6.45) is -0.0132. The zero-order valence-electron chi connectivity index (χ0n) is 17.6. The first-order chi connectivity index (χ1) is 14.8. The zero-order valence-corrected chi connectivity index (χ0v) is 17.6. The molecule has 1 saturated carbocycles. The lowest BCUT2D eigenvalue weighted by molar-refractivity contribution is -0.237. The predicted octanol–water partition coefficient (Wildman–Crippen LogP) is 3.80. The second kappa shape index (κ2) is 8.82. The summed E-state index contributed by atoms with van der Waals surface area (Å²) in [7, 11) is 0. The molecule has 0 bridgehead atoms. The van der Waals surface area contributed by atoms with Crippen molar-refractivity contribution in [1.82, 2.24) is 0 Å². The van der Waals surface area contributed by atoms with Crippen LogP contribution in [-0.4, -0.2) is 40.9 Å². The number of benzene rings is 2. The number of aliphatic hydroxyl groups excluding tert-OH is 1. The summed E-state index contributed by atoms with van der Waals surface area (Å²) in [5.41, 5.74) is -0.308. The van der Waals surface area contributed by atoms with E-state index in [1.165, 1.54) is 6.92 Å². The van der Waals surface area contributed by atoms with Crippen molar-refractivity contribution in [3.63, 3.8) is 0 Å². The third-order valence-corrected chi connectivity index (χ3v) is 6.40. The number of hydrogen-bond donors (Lipinski definition) is 2. The number of rotatable bonds is 6. The highest BCUT2D eigenvalue weighted by Crippen LogP contribution is 2.42. The largest absolute Gasteiger partial charge is 0.485 e. The van der Waals surface area contributed by atoms with Crippen molar-refractivity contribution in [2.24, 2.45) is 0 Å². The number of aryl methyl sites for hydroxylation is 1. The van der Waals surface area contributed by atoms with Crippen LogP contribution in [0.5, 0.6) is 5.75 Å². The minimum Gasteiger partial charge on any atom is -0.485 e. The summed E-state index contributed by atoms with van der Waals surface area (Å²) < 4.78 is 46.4. The molecule has 2 N–H and O–H groups in total. The quantitative estimate of drug-likeness (QED) is 0.724. The Bertz CT molecular complexity index is 914. The molecule has 31 heavy (non-hydrogen) atoms. The molecule has 4 rings (SSSR count). The molecule has 2 aliphatic rings. The fourth-order valence-electron chi connectivity index (χ4n) is 4.45. The maximum absolute atomic E-state index is 15.0. The van der Waals surface area contributed by atoms with Crippen LogP contribution in [0, 0.1) is 18.6 Å². The van der Waals surface area contributed by atoms with Gasteiger partial charge in [-0.2, -0.15) is 0 Å². The molecule has 0 radical (unpaired) electrons. The molecular weight excluding hydrogens is 406 g/mol. The van der Waals surface area contributed by atoms with Gasteiger partial charge in [0.2, 0.25) is 0 Å². The first kappa shape index (κ1) is 22.1. The molecule has 2 fully saturated rings. The topological polar surface area (TPSA) is 68.2 Å². The lowest BCUT2D eigenvalue weighted by atomic mass is 9.76. The molecule has 2 atom stereocenters. The van der Waals surface area contributed by atoms with Crippen LogP contribution in [-0.2, 0) is 22.5 Å². The van der Waals surface area contributed by atoms with E-state index in [4.69, 9.17) is 14.2 Å². The predicted molar refractivity (Wildman–Crippen MR) is 110 cm³/mol. The number of ether oxygens (including phenoxy) is 3. The molecular formula is C24H28F2O5. The van der Waals surface area contributed by atoms with Gasteiger partial charge in [0, 0.05) is 18.4 Å². The molecule has 1 heterocycles. The normalized spacial score (nSPS) is 25.1. The van der Waals surface area contributed by atoms with Crippen molar-refractivity contribution in [2.75, 3.05) is 13.2 Å². The van der Waals surface area contributed by atoms with E-state index in [-0.39, 0.29) is 49.2 Å². The van der Waals surface area contributed by atoms with Crippen LogP contribution in [0.1, 0.15) is 42.4 Å². The van der Waals surface area contributed by atoms with E-state index in [9.17, 15) is 19.0 Å². The highest BCUT2D eigenvalue weighted by Gasteiger charge is 2.50. The fourth-order valence-corrected chi connectivity index (χ4v) is 4.45. The molecule has 0 unspecified atom stereocenters. The summed E-state index contributed by atoms with van der Waals surface area (Å²) in [6, 6.07) is 10.4. The van der Waals surface area contributed by atoms with Crippen LogP contribution in [0.2, 0.25) is 0 Å². The Hall–Kier alpha value is -2.06. The molecule has 0 aromatic heterocycles. The fraction of sp³-hybridized carbons (Fsp3) is 0.500. The van der Waals surface area contributed by atoms with Crippen molar-refractivity contribution >= 4 is 0 Å². The second-order valence-corrected chi connectivity index (χ2v) is 8.49. The maximum atomic E-state index is 15.0. The number of hydrogen-bond acceptors (Lipinski definition) is 5. The summed E-state index contributed by atoms with van der Waals surface area (Å²) >= 11 is 0. The van der Waals surface area contributed by atoms with Crippen LogP contribution < -0.4 is 4.74 Å². The van der Waals surface area contributed by atoms with Gasteiger partial charge in [0.25, 0.3) is 0 Å². The van der Waals surface area contributed by atoms with Gasteiger partial charge in [-0.05, 0) is 43.4 Å². The molecule has 1 saturated heterocycles. The van der Waals surface area contributed by atoms with E-state index in [1.54, 1.807) is 0 Å². The minimum atomic E-state index is -1.40. The van der Waals surface area contributed by atoms with Gasteiger partial charge in [-0.25, -0.2) is 8.78 Å². The van der Waals surface area contributed by atoms with E-state index in [0.717, 1.165) is 11.6 Å². The lowest BCUT2D eigenvalue weighted by Gasteiger charge is -2.44. The van der Waals surface area contributed by atoms with E-state index in [0.29, 0.717) is 19.6 Å². The highest BCUT2D eigenvalue weighted by molar-refractivity contribution is 5.40. The average molecular weight is 434 g/mol. The lowest BCUT2D eigenvalue weighted by Crippen LogP contribution is -2.53. The molecule has 1 aliphatic carbocycles. The Morgan fingerprint density at radius 1 is 1.13 bits per heavy atom. The first-order valence-electron chi connectivity index (χ1n) is 10.6. The van der Waals surface area contributed by atoms with Gasteiger partial charge in [-0.1, -0.05) is 30.3 Å². The van der Waals surface area contributed by atoms with Gasteiger partial charge in [0.15, 0.2) is 17.4 Å². The van der Waals surface area contributed by atoms with Gasteiger partial charge in [0.05, 0.1) is 24.9 Å². The van der Waals surface area contributed by atoms with Crippen LogP contribution in [0.15, 0.2) is 36.4 Å². The smallest absolute Gasteiger partial charge is 0.171 e. The van der Waals surface area contributed by atoms with Gasteiger partial charge in [0.1, 0.15) is 12.4 Å². The maximum Gasteiger partial charge on any atom is 0.171 e. The second-order valence-electron chi connectivity index (χ2n) is 8.49. The van der Waals surface area contributed by atoms with Crippen LogP contribution >= 0.6 is 0 Å². The molecule has 5 nitrogen and oxygen atoms in total.